The van der Waals surface area contributed by atoms with E-state index in [0.29, 0.717) is 17.4 Å². The van der Waals surface area contributed by atoms with E-state index in [2.05, 4.69) is 18.7 Å². The highest BCUT2D eigenvalue weighted by Gasteiger charge is 2.30. The first-order chi connectivity index (χ1) is 16.1. The average molecular weight is 451 g/mol. The van der Waals surface area contributed by atoms with Crippen LogP contribution >= 0.6 is 0 Å². The Morgan fingerprint density at radius 3 is 2.24 bits per heavy atom. The zero-order chi connectivity index (χ0) is 23.2. The second-order valence-electron chi connectivity index (χ2n) is 10.6. The molecule has 0 saturated heterocycles. The van der Waals surface area contributed by atoms with Crippen LogP contribution in [-0.2, 0) is 12.8 Å². The quantitative estimate of drug-likeness (QED) is 0.351. The lowest BCUT2D eigenvalue weighted by molar-refractivity contribution is 0.153. The van der Waals surface area contributed by atoms with Crippen LogP contribution in [-0.4, -0.2) is 0 Å². The van der Waals surface area contributed by atoms with E-state index in [1.54, 1.807) is 0 Å². The van der Waals surface area contributed by atoms with Gasteiger partial charge in [0.25, 0.3) is 0 Å². The maximum atomic E-state index is 14.8. The van der Waals surface area contributed by atoms with Crippen LogP contribution in [0.1, 0.15) is 82.3 Å². The number of allylic oxidation sites excluding steroid dienone is 3. The Bertz CT molecular complexity index is 957. The van der Waals surface area contributed by atoms with E-state index in [0.717, 1.165) is 53.9 Å². The van der Waals surface area contributed by atoms with Gasteiger partial charge in [-0.15, -0.1) is 6.58 Å². The largest absolute Gasteiger partial charge is 0.203 e. The van der Waals surface area contributed by atoms with Crippen LogP contribution in [0.25, 0.3) is 10.8 Å². The Hall–Kier alpha value is -1.96. The van der Waals surface area contributed by atoms with E-state index < -0.39 is 11.6 Å². The van der Waals surface area contributed by atoms with Gasteiger partial charge in [-0.05, 0) is 123 Å². The van der Waals surface area contributed by atoms with Crippen molar-refractivity contribution in [1.29, 1.82) is 0 Å². The lowest BCUT2D eigenvalue weighted by Crippen LogP contribution is -2.25. The lowest BCUT2D eigenvalue weighted by Gasteiger charge is -2.37. The van der Waals surface area contributed by atoms with Crippen LogP contribution in [0.5, 0.6) is 0 Å². The van der Waals surface area contributed by atoms with Crippen LogP contribution in [0, 0.1) is 35.3 Å². The monoisotopic (exact) mass is 450 g/mol. The van der Waals surface area contributed by atoms with E-state index in [1.807, 2.05) is 37.3 Å². The maximum absolute atomic E-state index is 14.8. The van der Waals surface area contributed by atoms with E-state index >= 15 is 0 Å². The summed E-state index contributed by atoms with van der Waals surface area (Å²) in [6.07, 6.45) is 20.3. The van der Waals surface area contributed by atoms with Crippen LogP contribution in [0.3, 0.4) is 0 Å². The van der Waals surface area contributed by atoms with Crippen LogP contribution < -0.4 is 0 Å². The molecule has 4 rings (SSSR count). The van der Waals surface area contributed by atoms with Crippen molar-refractivity contribution in [3.8, 4) is 0 Å². The number of aryl methyl sites for hydroxylation is 2. The predicted octanol–water partition coefficient (Wildman–Crippen LogP) is 9.36. The number of rotatable bonds is 8. The van der Waals surface area contributed by atoms with Crippen molar-refractivity contribution >= 4 is 10.8 Å². The van der Waals surface area contributed by atoms with Crippen molar-refractivity contribution < 1.29 is 8.78 Å². The van der Waals surface area contributed by atoms with Gasteiger partial charge in [-0.3, -0.25) is 0 Å². The van der Waals surface area contributed by atoms with Gasteiger partial charge in [-0.25, -0.2) is 8.78 Å². The third kappa shape index (κ3) is 5.94. The van der Waals surface area contributed by atoms with Crippen LogP contribution in [0.2, 0.25) is 0 Å². The summed E-state index contributed by atoms with van der Waals surface area (Å²) >= 11 is 0. The summed E-state index contributed by atoms with van der Waals surface area (Å²) < 4.78 is 29.4. The Kier molecular flexibility index (Phi) is 8.39. The highest BCUT2D eigenvalue weighted by Crippen LogP contribution is 2.42. The molecule has 0 aromatic heterocycles. The molecule has 0 aliphatic heterocycles. The van der Waals surface area contributed by atoms with Gasteiger partial charge in [0.1, 0.15) is 0 Å². The Morgan fingerprint density at radius 1 is 0.879 bits per heavy atom. The summed E-state index contributed by atoms with van der Waals surface area (Å²) in [5.41, 5.74) is 1.60. The van der Waals surface area contributed by atoms with Crippen molar-refractivity contribution in [2.24, 2.45) is 23.7 Å². The molecule has 33 heavy (non-hydrogen) atoms. The fraction of sp³-hybridized carbons (Fsp3) is 0.548. The van der Waals surface area contributed by atoms with Crippen molar-refractivity contribution in [1.82, 2.24) is 0 Å². The average Bonchev–Trinajstić information content (AvgIpc) is 2.86. The molecule has 2 heteroatoms. The molecule has 2 aliphatic carbocycles. The molecule has 2 aliphatic rings. The SMILES string of the molecule is C=CC1CCC(C2CCC(CCc3ccc4cc(CC/C=C/C)c(F)c(F)c4c3)CC2)CC1. The topological polar surface area (TPSA) is 0 Å². The molecule has 2 aromatic carbocycles. The zero-order valence-corrected chi connectivity index (χ0v) is 20.3. The molecule has 2 saturated carbocycles. The number of hydrogen-bond acceptors (Lipinski definition) is 0. The van der Waals surface area contributed by atoms with E-state index in [1.165, 1.54) is 51.4 Å². The van der Waals surface area contributed by atoms with E-state index in [-0.39, 0.29) is 0 Å². The fourth-order valence-electron chi connectivity index (χ4n) is 6.34. The van der Waals surface area contributed by atoms with Crippen LogP contribution in [0.15, 0.2) is 49.1 Å². The molecular formula is C31H40F2. The first-order valence-electron chi connectivity index (χ1n) is 13.2. The van der Waals surface area contributed by atoms with Crippen molar-refractivity contribution in [3.63, 3.8) is 0 Å². The molecule has 2 fully saturated rings. The normalized spacial score (nSPS) is 26.2. The summed E-state index contributed by atoms with van der Waals surface area (Å²) in [6.45, 7) is 5.92. The second-order valence-corrected chi connectivity index (χ2v) is 10.6. The maximum Gasteiger partial charge on any atom is 0.166 e. The van der Waals surface area contributed by atoms with Gasteiger partial charge in [0.05, 0.1) is 0 Å². The molecule has 0 radical (unpaired) electrons. The fourth-order valence-corrected chi connectivity index (χ4v) is 6.34. The van der Waals surface area contributed by atoms with Gasteiger partial charge in [0.15, 0.2) is 11.6 Å². The third-order valence-electron chi connectivity index (χ3n) is 8.52. The minimum atomic E-state index is -0.684. The van der Waals surface area contributed by atoms with E-state index in [9.17, 15) is 8.78 Å². The molecule has 178 valence electrons. The Morgan fingerprint density at radius 2 is 1.58 bits per heavy atom. The summed E-state index contributed by atoms with van der Waals surface area (Å²) in [5.74, 6) is 2.02. The summed E-state index contributed by atoms with van der Waals surface area (Å²) in [6, 6.07) is 7.79. The van der Waals surface area contributed by atoms with Gasteiger partial charge in [0.2, 0.25) is 0 Å². The molecule has 0 spiro atoms. The number of hydrogen-bond donors (Lipinski definition) is 0. The molecule has 0 atom stereocenters. The van der Waals surface area contributed by atoms with E-state index in [4.69, 9.17) is 0 Å². The molecule has 0 bridgehead atoms. The zero-order valence-electron chi connectivity index (χ0n) is 20.3. The molecular weight excluding hydrogens is 410 g/mol. The lowest BCUT2D eigenvalue weighted by atomic mass is 9.68. The summed E-state index contributed by atoms with van der Waals surface area (Å²) in [5, 5.41) is 1.23. The third-order valence-corrected chi connectivity index (χ3v) is 8.52. The summed E-state index contributed by atoms with van der Waals surface area (Å²) in [4.78, 5) is 0. The van der Waals surface area contributed by atoms with Crippen molar-refractivity contribution in [3.05, 3.63) is 71.8 Å². The molecule has 2 aromatic rings. The first-order valence-corrected chi connectivity index (χ1v) is 13.2. The molecule has 0 heterocycles. The van der Waals surface area contributed by atoms with Gasteiger partial charge < -0.3 is 0 Å². The summed E-state index contributed by atoms with van der Waals surface area (Å²) in [7, 11) is 0. The predicted molar refractivity (Wildman–Crippen MR) is 136 cm³/mol. The molecule has 0 nitrogen and oxygen atoms in total. The van der Waals surface area contributed by atoms with Gasteiger partial charge in [0, 0.05) is 5.39 Å². The van der Waals surface area contributed by atoms with Gasteiger partial charge in [-0.2, -0.15) is 0 Å². The Balaban J connectivity index is 1.31. The highest BCUT2D eigenvalue weighted by molar-refractivity contribution is 5.84. The minimum Gasteiger partial charge on any atom is -0.203 e. The van der Waals surface area contributed by atoms with Crippen molar-refractivity contribution in [2.75, 3.05) is 0 Å². The minimum absolute atomic E-state index is 0.429. The first kappa shape index (κ1) is 24.2. The van der Waals surface area contributed by atoms with Gasteiger partial charge in [-0.1, -0.05) is 43.2 Å². The smallest absolute Gasteiger partial charge is 0.166 e. The molecule has 0 N–H and O–H groups in total. The molecule has 0 amide bonds. The number of fused-ring (bicyclic) bond motifs is 1. The highest BCUT2D eigenvalue weighted by atomic mass is 19.2. The van der Waals surface area contributed by atoms with Crippen molar-refractivity contribution in [2.45, 2.75) is 84.0 Å². The molecule has 0 unspecified atom stereocenters. The Labute approximate surface area is 199 Å². The second kappa shape index (κ2) is 11.4. The number of halogens is 2. The number of benzene rings is 2. The standard InChI is InChI=1S/C31H40F2/c1-3-5-6-7-28-21-27-19-14-24(20-29(27)31(33)30(28)32)9-8-23-12-17-26(18-13-23)25-15-10-22(4-2)11-16-25/h3-5,14,19-23,25-26H,2,6-13,15-18H2,1H3/b5-3+. The van der Waals surface area contributed by atoms with Crippen LogP contribution in [0.4, 0.5) is 8.78 Å². The van der Waals surface area contributed by atoms with Gasteiger partial charge >= 0.3 is 0 Å².